The van der Waals surface area contributed by atoms with E-state index in [1.807, 2.05) is 54.6 Å². The lowest BCUT2D eigenvalue weighted by Gasteiger charge is -2.32. The second-order valence-electron chi connectivity index (χ2n) is 10.8. The highest BCUT2D eigenvalue weighted by Crippen LogP contribution is 2.37. The number of thiocarbonyl (C=S) groups is 1. The lowest BCUT2D eigenvalue weighted by Crippen LogP contribution is -2.44. The van der Waals surface area contributed by atoms with Crippen molar-refractivity contribution in [2.24, 2.45) is 0 Å². The minimum absolute atomic E-state index is 0.0602. The minimum Gasteiger partial charge on any atom is -0.494 e. The Bertz CT molecular complexity index is 1470. The number of benzene rings is 3. The van der Waals surface area contributed by atoms with Crippen molar-refractivity contribution in [1.82, 2.24) is 14.7 Å². The van der Waals surface area contributed by atoms with Gasteiger partial charge >= 0.3 is 0 Å². The van der Waals surface area contributed by atoms with E-state index in [0.717, 1.165) is 56.1 Å². The van der Waals surface area contributed by atoms with Crippen LogP contribution in [0, 0.1) is 0 Å². The monoisotopic (exact) mass is 616 g/mol. The number of amides is 2. The van der Waals surface area contributed by atoms with Crippen molar-refractivity contribution in [2.75, 3.05) is 65.4 Å². The molecule has 2 fully saturated rings. The van der Waals surface area contributed by atoms with E-state index in [1.165, 1.54) is 16.7 Å². The number of carbonyl (C=O) groups excluding carboxylic acids is 2. The van der Waals surface area contributed by atoms with Crippen LogP contribution in [0.15, 0.2) is 77.7 Å². The molecule has 2 aliphatic heterocycles. The van der Waals surface area contributed by atoms with E-state index >= 15 is 0 Å². The predicted octanol–water partition coefficient (Wildman–Crippen LogP) is 5.60. The fraction of sp³-hybridized carbons (Fsp3) is 0.303. The summed E-state index contributed by atoms with van der Waals surface area (Å²) in [5, 5.41) is 0. The Balaban J connectivity index is 1.13. The number of ether oxygens (including phenoxy) is 2. The van der Waals surface area contributed by atoms with Gasteiger partial charge in [-0.2, -0.15) is 0 Å². The van der Waals surface area contributed by atoms with E-state index in [2.05, 4.69) is 16.8 Å². The molecule has 0 aromatic heterocycles. The van der Waals surface area contributed by atoms with Crippen LogP contribution in [-0.2, 0) is 4.79 Å². The molecule has 2 aliphatic rings. The Hall–Kier alpha value is -3.70. The molecule has 0 bridgehead atoms. The predicted molar refractivity (Wildman–Crippen MR) is 177 cm³/mol. The summed E-state index contributed by atoms with van der Waals surface area (Å²) >= 11 is 6.84. The van der Waals surface area contributed by atoms with Gasteiger partial charge in [0.25, 0.3) is 11.8 Å². The van der Waals surface area contributed by atoms with Crippen LogP contribution in [0.2, 0.25) is 0 Å². The number of thioether (sulfide) groups is 1. The summed E-state index contributed by atoms with van der Waals surface area (Å²) in [5.74, 6) is 1.85. The van der Waals surface area contributed by atoms with Gasteiger partial charge in [0.05, 0.1) is 17.2 Å². The molecule has 3 aromatic carbocycles. The van der Waals surface area contributed by atoms with Crippen molar-refractivity contribution in [3.8, 4) is 17.2 Å². The molecule has 10 heteroatoms. The summed E-state index contributed by atoms with van der Waals surface area (Å²) in [7, 11) is 5.60. The van der Waals surface area contributed by atoms with Crippen LogP contribution in [0.4, 0.5) is 5.69 Å². The quantitative estimate of drug-likeness (QED) is 0.166. The normalized spacial score (nSPS) is 17.0. The standard InChI is InChI=1S/C33H36N4O4S2/c1-34(2)31(38)25-7-13-29(14-8-25)41-28-11-5-24(6-12-28)23-30-32(39)37(33(42)43-30)26-9-15-27(16-10-26)40-22-4-17-36-20-18-35(3)19-21-36/h5-16,23H,4,17-22H2,1-3H3/b30-23-. The topological polar surface area (TPSA) is 65.6 Å². The average Bonchev–Trinajstić information content (AvgIpc) is 3.29. The smallest absolute Gasteiger partial charge is 0.270 e. The van der Waals surface area contributed by atoms with Gasteiger partial charge in [0.15, 0.2) is 4.32 Å². The van der Waals surface area contributed by atoms with Gasteiger partial charge in [-0.05, 0) is 85.8 Å². The maximum absolute atomic E-state index is 13.3. The van der Waals surface area contributed by atoms with Crippen molar-refractivity contribution in [3.05, 3.63) is 88.8 Å². The van der Waals surface area contributed by atoms with E-state index < -0.39 is 0 Å². The Morgan fingerprint density at radius 2 is 1.51 bits per heavy atom. The van der Waals surface area contributed by atoms with Crippen molar-refractivity contribution in [3.63, 3.8) is 0 Å². The van der Waals surface area contributed by atoms with Crippen LogP contribution in [-0.4, -0.2) is 91.3 Å². The molecule has 0 unspecified atom stereocenters. The zero-order chi connectivity index (χ0) is 30.3. The van der Waals surface area contributed by atoms with Crippen LogP contribution < -0.4 is 14.4 Å². The Kier molecular flexibility index (Phi) is 10.1. The molecule has 8 nitrogen and oxygen atoms in total. The molecule has 224 valence electrons. The van der Waals surface area contributed by atoms with Gasteiger partial charge in [0, 0.05) is 52.4 Å². The van der Waals surface area contributed by atoms with Crippen molar-refractivity contribution in [1.29, 1.82) is 0 Å². The van der Waals surface area contributed by atoms with Gasteiger partial charge < -0.3 is 24.2 Å². The number of hydrogen-bond donors (Lipinski definition) is 0. The summed E-state index contributed by atoms with van der Waals surface area (Å²) in [4.78, 5) is 33.8. The van der Waals surface area contributed by atoms with Crippen molar-refractivity contribution < 1.29 is 19.1 Å². The van der Waals surface area contributed by atoms with Crippen LogP contribution in [0.3, 0.4) is 0 Å². The molecule has 0 radical (unpaired) electrons. The molecule has 3 aromatic rings. The van der Waals surface area contributed by atoms with Gasteiger partial charge in [-0.1, -0.05) is 36.1 Å². The van der Waals surface area contributed by atoms with Gasteiger partial charge in [0.2, 0.25) is 0 Å². The Morgan fingerprint density at radius 3 is 2.14 bits per heavy atom. The van der Waals surface area contributed by atoms with Crippen molar-refractivity contribution in [2.45, 2.75) is 6.42 Å². The van der Waals surface area contributed by atoms with Crippen LogP contribution in [0.5, 0.6) is 17.2 Å². The first-order chi connectivity index (χ1) is 20.8. The van der Waals surface area contributed by atoms with Crippen molar-refractivity contribution >= 4 is 51.9 Å². The highest BCUT2D eigenvalue weighted by atomic mass is 32.2. The van der Waals surface area contributed by atoms with E-state index in [0.29, 0.717) is 32.9 Å². The van der Waals surface area contributed by atoms with E-state index in [4.69, 9.17) is 21.7 Å². The SMILES string of the molecule is CN1CCN(CCCOc2ccc(N3C(=O)/C(=C/c4ccc(Oc5ccc(C(=O)N(C)C)cc5)cc4)SC3=S)cc2)CC1. The number of hydrogen-bond acceptors (Lipinski definition) is 8. The van der Waals surface area contributed by atoms with E-state index in [9.17, 15) is 9.59 Å². The lowest BCUT2D eigenvalue weighted by molar-refractivity contribution is -0.113. The zero-order valence-electron chi connectivity index (χ0n) is 24.7. The lowest BCUT2D eigenvalue weighted by atomic mass is 10.2. The molecule has 0 N–H and O–H groups in total. The number of nitrogens with zero attached hydrogens (tertiary/aromatic N) is 4. The number of piperazine rings is 1. The molecule has 0 saturated carbocycles. The summed E-state index contributed by atoms with van der Waals surface area (Å²) in [6, 6.07) is 22.0. The zero-order valence-corrected chi connectivity index (χ0v) is 26.3. The molecule has 43 heavy (non-hydrogen) atoms. The van der Waals surface area contributed by atoms with Gasteiger partial charge in [-0.25, -0.2) is 0 Å². The number of rotatable bonds is 10. The summed E-state index contributed by atoms with van der Waals surface area (Å²) in [6.45, 7) is 6.16. The largest absolute Gasteiger partial charge is 0.494 e. The first-order valence-corrected chi connectivity index (χ1v) is 15.5. The molecular formula is C33H36N4O4S2. The molecule has 0 aliphatic carbocycles. The maximum Gasteiger partial charge on any atom is 0.270 e. The summed E-state index contributed by atoms with van der Waals surface area (Å²) in [5.41, 5.74) is 2.18. The second-order valence-corrected chi connectivity index (χ2v) is 12.4. The first-order valence-electron chi connectivity index (χ1n) is 14.3. The molecule has 0 atom stereocenters. The number of likely N-dealkylation sites (N-methyl/N-ethyl adjacent to an activating group) is 1. The molecule has 2 amide bonds. The third-order valence-electron chi connectivity index (χ3n) is 7.29. The molecule has 2 saturated heterocycles. The molecule has 2 heterocycles. The first kappa shape index (κ1) is 30.7. The van der Waals surface area contributed by atoms with Crippen LogP contribution in [0.25, 0.3) is 6.08 Å². The maximum atomic E-state index is 13.3. The third kappa shape index (κ3) is 8.03. The van der Waals surface area contributed by atoms with Gasteiger partial charge in [-0.3, -0.25) is 14.5 Å². The second kappa shape index (κ2) is 14.2. The van der Waals surface area contributed by atoms with E-state index in [1.54, 1.807) is 43.3 Å². The minimum atomic E-state index is -0.150. The highest BCUT2D eigenvalue weighted by Gasteiger charge is 2.33. The Labute approximate surface area is 262 Å². The molecule has 5 rings (SSSR count). The number of carbonyl (C=O) groups is 2. The van der Waals surface area contributed by atoms with Crippen LogP contribution >= 0.6 is 24.0 Å². The number of anilines is 1. The van der Waals surface area contributed by atoms with Gasteiger partial charge in [-0.15, -0.1) is 0 Å². The summed E-state index contributed by atoms with van der Waals surface area (Å²) < 4.78 is 12.4. The Morgan fingerprint density at radius 1 is 0.907 bits per heavy atom. The highest BCUT2D eigenvalue weighted by molar-refractivity contribution is 8.27. The average molecular weight is 617 g/mol. The fourth-order valence-corrected chi connectivity index (χ4v) is 6.07. The summed E-state index contributed by atoms with van der Waals surface area (Å²) in [6.07, 6.45) is 2.81. The molecular weight excluding hydrogens is 581 g/mol. The van der Waals surface area contributed by atoms with Gasteiger partial charge in [0.1, 0.15) is 17.2 Å². The third-order valence-corrected chi connectivity index (χ3v) is 8.60. The van der Waals surface area contributed by atoms with Crippen LogP contribution in [0.1, 0.15) is 22.3 Å². The molecule has 0 spiro atoms. The fourth-order valence-electron chi connectivity index (χ4n) is 4.77. The van der Waals surface area contributed by atoms with E-state index in [-0.39, 0.29) is 11.8 Å².